The van der Waals surface area contributed by atoms with E-state index in [0.29, 0.717) is 17.1 Å². The molecule has 0 N–H and O–H groups in total. The number of carbonyl (C=O) groups is 1. The predicted octanol–water partition coefficient (Wildman–Crippen LogP) is 3.25. The summed E-state index contributed by atoms with van der Waals surface area (Å²) in [4.78, 5) is 23.6. The molecule has 1 atom stereocenters. The Balaban J connectivity index is 1.56. The Bertz CT molecular complexity index is 903. The number of benzene rings is 1. The molecule has 4 rings (SSSR count). The Morgan fingerprint density at radius 3 is 2.79 bits per heavy atom. The van der Waals surface area contributed by atoms with Gasteiger partial charge < -0.3 is 9.47 Å². The Morgan fingerprint density at radius 2 is 2.04 bits per heavy atom. The molecule has 3 aromatic rings. The van der Waals surface area contributed by atoms with Gasteiger partial charge in [-0.3, -0.25) is 4.79 Å². The second-order valence-electron chi connectivity index (χ2n) is 6.12. The average molecular weight is 341 g/mol. The number of aryl methyl sites for hydroxylation is 1. The number of rotatable bonds is 2. The van der Waals surface area contributed by atoms with Crippen LogP contribution in [0.5, 0.6) is 0 Å². The fourth-order valence-corrected chi connectivity index (χ4v) is 3.46. The number of pyridine rings is 1. The van der Waals surface area contributed by atoms with E-state index in [9.17, 15) is 4.79 Å². The highest BCUT2D eigenvalue weighted by molar-refractivity contribution is 6.30. The largest absolute Gasteiger partial charge is 0.338 e. The summed E-state index contributed by atoms with van der Waals surface area (Å²) in [5.41, 5.74) is 2.46. The molecule has 24 heavy (non-hydrogen) atoms. The van der Waals surface area contributed by atoms with Crippen LogP contribution >= 0.6 is 11.6 Å². The smallest absolute Gasteiger partial charge is 0.253 e. The first-order valence-electron chi connectivity index (χ1n) is 7.95. The second kappa shape index (κ2) is 5.91. The van der Waals surface area contributed by atoms with E-state index in [1.54, 1.807) is 30.5 Å². The van der Waals surface area contributed by atoms with E-state index in [-0.39, 0.29) is 11.8 Å². The standard InChI is InChI=1S/C18H17ClN4O/c1-22-16(21-15-3-2-9-20-17(15)22)13-8-10-23(11-13)18(24)12-4-6-14(19)7-5-12/h2-7,9,13H,8,10-11H2,1H3/t13-/m1/s1. The molecule has 0 aliphatic carbocycles. The number of hydrogen-bond donors (Lipinski definition) is 0. The highest BCUT2D eigenvalue weighted by atomic mass is 35.5. The molecular formula is C18H17ClN4O. The maximum Gasteiger partial charge on any atom is 0.253 e. The minimum atomic E-state index is 0.0473. The fraction of sp³-hybridized carbons (Fsp3) is 0.278. The van der Waals surface area contributed by atoms with E-state index in [1.807, 2.05) is 28.6 Å². The van der Waals surface area contributed by atoms with Gasteiger partial charge in [0.05, 0.1) is 0 Å². The molecule has 1 amide bonds. The van der Waals surface area contributed by atoms with Crippen molar-refractivity contribution in [2.75, 3.05) is 13.1 Å². The van der Waals surface area contributed by atoms with Crippen LogP contribution in [0.25, 0.3) is 11.2 Å². The zero-order chi connectivity index (χ0) is 16.7. The van der Waals surface area contributed by atoms with Crippen molar-refractivity contribution < 1.29 is 4.79 Å². The van der Waals surface area contributed by atoms with E-state index >= 15 is 0 Å². The molecule has 1 aliphatic rings. The molecule has 0 unspecified atom stereocenters. The zero-order valence-electron chi connectivity index (χ0n) is 13.3. The first-order valence-corrected chi connectivity index (χ1v) is 8.33. The summed E-state index contributed by atoms with van der Waals surface area (Å²) in [5, 5.41) is 0.637. The normalized spacial score (nSPS) is 17.6. The van der Waals surface area contributed by atoms with Crippen LogP contribution in [-0.4, -0.2) is 38.4 Å². The van der Waals surface area contributed by atoms with Crippen molar-refractivity contribution in [2.24, 2.45) is 7.05 Å². The van der Waals surface area contributed by atoms with Crippen molar-refractivity contribution in [1.29, 1.82) is 0 Å². The van der Waals surface area contributed by atoms with E-state index in [1.165, 1.54) is 0 Å². The molecule has 1 aliphatic heterocycles. The second-order valence-corrected chi connectivity index (χ2v) is 6.56. The molecule has 1 aromatic carbocycles. The summed E-state index contributed by atoms with van der Waals surface area (Å²) in [6.45, 7) is 1.42. The summed E-state index contributed by atoms with van der Waals surface area (Å²) in [6, 6.07) is 10.9. The minimum absolute atomic E-state index is 0.0473. The average Bonchev–Trinajstić information content (AvgIpc) is 3.20. The van der Waals surface area contributed by atoms with Gasteiger partial charge in [0.25, 0.3) is 5.91 Å². The lowest BCUT2D eigenvalue weighted by molar-refractivity contribution is 0.0790. The quantitative estimate of drug-likeness (QED) is 0.719. The topological polar surface area (TPSA) is 51.0 Å². The molecule has 0 saturated carbocycles. The van der Waals surface area contributed by atoms with Crippen LogP contribution in [0.3, 0.4) is 0 Å². The molecule has 0 radical (unpaired) electrons. The van der Waals surface area contributed by atoms with E-state index < -0.39 is 0 Å². The maximum absolute atomic E-state index is 12.6. The van der Waals surface area contributed by atoms with Gasteiger partial charge in [0, 0.05) is 42.8 Å². The Morgan fingerprint density at radius 1 is 1.25 bits per heavy atom. The summed E-state index contributed by atoms with van der Waals surface area (Å²) in [5.74, 6) is 1.28. The summed E-state index contributed by atoms with van der Waals surface area (Å²) in [6.07, 6.45) is 2.69. The molecule has 2 aromatic heterocycles. The first-order chi connectivity index (χ1) is 11.6. The third-order valence-corrected chi connectivity index (χ3v) is 4.85. The van der Waals surface area contributed by atoms with Crippen LogP contribution in [0.15, 0.2) is 42.6 Å². The third-order valence-electron chi connectivity index (χ3n) is 4.59. The van der Waals surface area contributed by atoms with Gasteiger partial charge in [-0.15, -0.1) is 0 Å². The molecular weight excluding hydrogens is 324 g/mol. The molecule has 1 fully saturated rings. The van der Waals surface area contributed by atoms with E-state index in [2.05, 4.69) is 4.98 Å². The number of nitrogens with zero attached hydrogens (tertiary/aromatic N) is 4. The van der Waals surface area contributed by atoms with Crippen molar-refractivity contribution in [1.82, 2.24) is 19.4 Å². The summed E-state index contributed by atoms with van der Waals surface area (Å²) < 4.78 is 2.04. The molecule has 3 heterocycles. The van der Waals surface area contributed by atoms with Gasteiger partial charge in [0.2, 0.25) is 0 Å². The Hall–Kier alpha value is -2.40. The van der Waals surface area contributed by atoms with Crippen molar-refractivity contribution in [3.8, 4) is 0 Å². The number of imidazole rings is 1. The summed E-state index contributed by atoms with van der Waals surface area (Å²) >= 11 is 5.89. The SMILES string of the molecule is Cn1c([C@@H]2CCN(C(=O)c3ccc(Cl)cc3)C2)nc2cccnc21. The number of carbonyl (C=O) groups excluding carboxylic acids is 1. The summed E-state index contributed by atoms with van der Waals surface area (Å²) in [7, 11) is 1.99. The van der Waals surface area contributed by atoms with Crippen molar-refractivity contribution in [3.63, 3.8) is 0 Å². The lowest BCUT2D eigenvalue weighted by atomic mass is 10.1. The van der Waals surface area contributed by atoms with Crippen LogP contribution in [0.2, 0.25) is 5.02 Å². The number of amides is 1. The van der Waals surface area contributed by atoms with E-state index in [4.69, 9.17) is 16.6 Å². The number of fused-ring (bicyclic) bond motifs is 1. The molecule has 122 valence electrons. The monoisotopic (exact) mass is 340 g/mol. The number of hydrogen-bond acceptors (Lipinski definition) is 3. The zero-order valence-corrected chi connectivity index (χ0v) is 14.1. The van der Waals surface area contributed by atoms with Crippen molar-refractivity contribution >= 4 is 28.7 Å². The highest BCUT2D eigenvalue weighted by Gasteiger charge is 2.31. The van der Waals surface area contributed by atoms with Gasteiger partial charge in [-0.1, -0.05) is 11.6 Å². The fourth-order valence-electron chi connectivity index (χ4n) is 3.34. The Labute approximate surface area is 144 Å². The molecule has 5 nitrogen and oxygen atoms in total. The number of aromatic nitrogens is 3. The highest BCUT2D eigenvalue weighted by Crippen LogP contribution is 2.29. The minimum Gasteiger partial charge on any atom is -0.338 e. The van der Waals surface area contributed by atoms with Crippen LogP contribution in [0.1, 0.15) is 28.5 Å². The van der Waals surface area contributed by atoms with Gasteiger partial charge in [0.1, 0.15) is 11.3 Å². The number of likely N-dealkylation sites (tertiary alicyclic amines) is 1. The van der Waals surface area contributed by atoms with Crippen molar-refractivity contribution in [2.45, 2.75) is 12.3 Å². The number of halogens is 1. The van der Waals surface area contributed by atoms with Crippen LogP contribution in [-0.2, 0) is 7.05 Å². The maximum atomic E-state index is 12.6. The van der Waals surface area contributed by atoms with Gasteiger partial charge in [-0.05, 0) is 42.8 Å². The van der Waals surface area contributed by atoms with Gasteiger partial charge in [-0.2, -0.15) is 0 Å². The van der Waals surface area contributed by atoms with Crippen LogP contribution < -0.4 is 0 Å². The first kappa shape index (κ1) is 15.1. The lowest BCUT2D eigenvalue weighted by Gasteiger charge is -2.16. The van der Waals surface area contributed by atoms with Crippen LogP contribution in [0, 0.1) is 0 Å². The molecule has 0 spiro atoms. The predicted molar refractivity (Wildman–Crippen MR) is 93.2 cm³/mol. The van der Waals surface area contributed by atoms with E-state index in [0.717, 1.165) is 30.0 Å². The van der Waals surface area contributed by atoms with Gasteiger partial charge in [-0.25, -0.2) is 9.97 Å². The Kier molecular flexibility index (Phi) is 3.73. The van der Waals surface area contributed by atoms with Crippen LogP contribution in [0.4, 0.5) is 0 Å². The van der Waals surface area contributed by atoms with Gasteiger partial charge in [0.15, 0.2) is 5.65 Å². The third kappa shape index (κ3) is 2.55. The van der Waals surface area contributed by atoms with Crippen molar-refractivity contribution in [3.05, 3.63) is 59.0 Å². The van der Waals surface area contributed by atoms with Gasteiger partial charge >= 0.3 is 0 Å². The molecule has 1 saturated heterocycles. The molecule has 0 bridgehead atoms. The lowest BCUT2D eigenvalue weighted by Crippen LogP contribution is -2.28. The molecule has 6 heteroatoms.